The molecule has 3 amide bonds. The van der Waals surface area contributed by atoms with E-state index in [9.17, 15) is 14.4 Å². The number of aromatic nitrogens is 1. The Morgan fingerprint density at radius 3 is 2.34 bits per heavy atom. The number of nitrogens with one attached hydrogen (secondary N) is 4. The highest BCUT2D eigenvalue weighted by Crippen LogP contribution is 2.39. The van der Waals surface area contributed by atoms with Crippen LogP contribution >= 0.6 is 0 Å². The van der Waals surface area contributed by atoms with Crippen molar-refractivity contribution in [1.82, 2.24) is 20.1 Å². The number of likely N-dealkylation sites (tertiary alicyclic amines) is 1. The van der Waals surface area contributed by atoms with E-state index < -0.39 is 0 Å². The Kier molecular flexibility index (Phi) is 10.4. The van der Waals surface area contributed by atoms with Crippen LogP contribution in [0.1, 0.15) is 69.1 Å². The molecule has 1 aliphatic heterocycles. The number of anilines is 2. The molecule has 0 aliphatic carbocycles. The van der Waals surface area contributed by atoms with Crippen LogP contribution in [0, 0.1) is 5.92 Å². The highest BCUT2D eigenvalue weighted by molar-refractivity contribution is 6.08. The highest BCUT2D eigenvalue weighted by atomic mass is 16.5. The first kappa shape index (κ1) is 33.0. The van der Waals surface area contributed by atoms with Gasteiger partial charge < -0.3 is 30.6 Å². The van der Waals surface area contributed by atoms with Crippen LogP contribution in [0.5, 0.6) is 5.75 Å². The topological polar surface area (TPSA) is 117 Å². The molecule has 1 saturated heterocycles. The number of carbonyl (C=O) groups excluding carboxylic acids is 3. The summed E-state index contributed by atoms with van der Waals surface area (Å²) in [5, 5.41) is 13.4. The molecule has 2 heterocycles. The second-order valence-corrected chi connectivity index (χ2v) is 13.0. The summed E-state index contributed by atoms with van der Waals surface area (Å²) in [5.41, 5.74) is 4.23. The maximum absolute atomic E-state index is 13.7. The molecule has 0 saturated carbocycles. The van der Waals surface area contributed by atoms with Gasteiger partial charge >= 0.3 is 0 Å². The molecule has 0 unspecified atom stereocenters. The molecule has 1 aromatic heterocycles. The number of benzene rings is 2. The number of hydrogen-bond donors (Lipinski definition) is 4. The smallest absolute Gasteiger partial charge is 0.272 e. The zero-order valence-electron chi connectivity index (χ0n) is 27.4. The van der Waals surface area contributed by atoms with E-state index in [2.05, 4.69) is 46.9 Å². The summed E-state index contributed by atoms with van der Waals surface area (Å²) in [6.07, 6.45) is 1.97. The number of amides is 3. The third-order valence-electron chi connectivity index (χ3n) is 8.30. The first-order chi connectivity index (χ1) is 20.8. The average molecular weight is 605 g/mol. The van der Waals surface area contributed by atoms with Gasteiger partial charge in [-0.2, -0.15) is 0 Å². The molecular weight excluding hydrogens is 556 g/mol. The molecule has 2 aromatic carbocycles. The van der Waals surface area contributed by atoms with E-state index in [4.69, 9.17) is 4.74 Å². The van der Waals surface area contributed by atoms with Gasteiger partial charge in [-0.15, -0.1) is 0 Å². The molecule has 0 spiro atoms. The summed E-state index contributed by atoms with van der Waals surface area (Å²) in [5.74, 6) is -0.145. The van der Waals surface area contributed by atoms with Crippen molar-refractivity contribution < 1.29 is 19.1 Å². The summed E-state index contributed by atoms with van der Waals surface area (Å²) >= 11 is 0. The van der Waals surface area contributed by atoms with Crippen molar-refractivity contribution in [3.63, 3.8) is 0 Å². The number of aryl methyl sites for hydroxylation is 1. The predicted octanol–water partition coefficient (Wildman–Crippen LogP) is 4.63. The van der Waals surface area contributed by atoms with Crippen molar-refractivity contribution in [2.45, 2.75) is 65.5 Å². The van der Waals surface area contributed by atoms with Crippen LogP contribution in [0.4, 0.5) is 11.4 Å². The van der Waals surface area contributed by atoms with E-state index in [1.54, 1.807) is 0 Å². The molecule has 0 radical (unpaired) electrons. The van der Waals surface area contributed by atoms with Crippen LogP contribution < -0.4 is 26.0 Å². The molecule has 10 heteroatoms. The van der Waals surface area contributed by atoms with Crippen LogP contribution in [-0.2, 0) is 28.6 Å². The van der Waals surface area contributed by atoms with E-state index in [1.165, 1.54) is 7.11 Å². The van der Waals surface area contributed by atoms with Gasteiger partial charge in [-0.1, -0.05) is 52.8 Å². The van der Waals surface area contributed by atoms with Crippen molar-refractivity contribution in [3.8, 4) is 5.75 Å². The lowest BCUT2D eigenvalue weighted by Crippen LogP contribution is -2.43. The van der Waals surface area contributed by atoms with Gasteiger partial charge in [0.2, 0.25) is 11.8 Å². The Bertz CT molecular complexity index is 1520. The molecule has 10 nitrogen and oxygen atoms in total. The minimum absolute atomic E-state index is 0.0297. The Labute approximate surface area is 260 Å². The van der Waals surface area contributed by atoms with Gasteiger partial charge in [0.25, 0.3) is 5.91 Å². The van der Waals surface area contributed by atoms with Crippen LogP contribution in [0.3, 0.4) is 0 Å². The number of ether oxygens (including phenoxy) is 1. The molecule has 1 aliphatic rings. The van der Waals surface area contributed by atoms with Gasteiger partial charge in [0.05, 0.1) is 30.0 Å². The van der Waals surface area contributed by atoms with E-state index in [0.717, 1.165) is 41.4 Å². The van der Waals surface area contributed by atoms with Crippen LogP contribution in [-0.4, -0.2) is 67.0 Å². The van der Waals surface area contributed by atoms with Crippen LogP contribution in [0.2, 0.25) is 0 Å². The van der Waals surface area contributed by atoms with Gasteiger partial charge in [-0.3, -0.25) is 19.3 Å². The Balaban J connectivity index is 1.51. The van der Waals surface area contributed by atoms with Crippen molar-refractivity contribution >= 4 is 40.0 Å². The van der Waals surface area contributed by atoms with Crippen LogP contribution in [0.25, 0.3) is 10.9 Å². The first-order valence-corrected chi connectivity index (χ1v) is 15.4. The standard InChI is InChI=1S/C34H48N6O4/c1-21(2)31(41)37-25-18-24(34(3,4)5)19-26(30(25)44-8)38-33(43)28-17-22-11-9-12-23(29(22)40(28)7)20-35-14-15-36-32(42)27-13-10-16-39(27)6/h9,11-12,17-19,21,27,35H,10,13-16,20H2,1-8H3,(H,36,42)(H,37,41)(H,38,43)/t27-/m0/s1. The third-order valence-corrected chi connectivity index (χ3v) is 8.30. The molecule has 238 valence electrons. The lowest BCUT2D eigenvalue weighted by molar-refractivity contribution is -0.125. The number of fused-ring (bicyclic) bond motifs is 1. The Morgan fingerprint density at radius 1 is 1.02 bits per heavy atom. The molecule has 3 aromatic rings. The molecular formula is C34H48N6O4. The number of methoxy groups -OCH3 is 1. The molecule has 1 atom stereocenters. The number of para-hydroxylation sites is 1. The summed E-state index contributed by atoms with van der Waals surface area (Å²) in [6.45, 7) is 12.6. The lowest BCUT2D eigenvalue weighted by atomic mass is 9.86. The summed E-state index contributed by atoms with van der Waals surface area (Å²) in [4.78, 5) is 40.9. The molecule has 4 N–H and O–H groups in total. The predicted molar refractivity (Wildman–Crippen MR) is 176 cm³/mol. The largest absolute Gasteiger partial charge is 0.492 e. The van der Waals surface area contributed by atoms with E-state index in [0.29, 0.717) is 42.5 Å². The van der Waals surface area contributed by atoms with Crippen molar-refractivity contribution in [1.29, 1.82) is 0 Å². The number of hydrogen-bond acceptors (Lipinski definition) is 6. The van der Waals surface area contributed by atoms with Gasteiger partial charge in [-0.25, -0.2) is 0 Å². The fraction of sp³-hybridized carbons (Fsp3) is 0.500. The van der Waals surface area contributed by atoms with Crippen molar-refractivity contribution in [2.24, 2.45) is 13.0 Å². The van der Waals surface area contributed by atoms with E-state index in [-0.39, 0.29) is 35.1 Å². The second-order valence-electron chi connectivity index (χ2n) is 13.0. The van der Waals surface area contributed by atoms with Crippen molar-refractivity contribution in [3.05, 3.63) is 53.2 Å². The molecule has 44 heavy (non-hydrogen) atoms. The number of rotatable bonds is 11. The summed E-state index contributed by atoms with van der Waals surface area (Å²) in [6, 6.07) is 11.7. The lowest BCUT2D eigenvalue weighted by Gasteiger charge is -2.24. The maximum Gasteiger partial charge on any atom is 0.272 e. The highest BCUT2D eigenvalue weighted by Gasteiger charge is 2.27. The summed E-state index contributed by atoms with van der Waals surface area (Å²) < 4.78 is 7.61. The Hall–Kier alpha value is -3.89. The number of carbonyl (C=O) groups is 3. The van der Waals surface area contributed by atoms with E-state index >= 15 is 0 Å². The van der Waals surface area contributed by atoms with Gasteiger partial charge in [0.15, 0.2) is 5.75 Å². The fourth-order valence-corrected chi connectivity index (χ4v) is 5.65. The molecule has 4 rings (SSSR count). The fourth-order valence-electron chi connectivity index (χ4n) is 5.65. The quantitative estimate of drug-likeness (QED) is 0.237. The number of likely N-dealkylation sites (N-methyl/N-ethyl adjacent to an activating group) is 1. The Morgan fingerprint density at radius 2 is 1.73 bits per heavy atom. The molecule has 0 bridgehead atoms. The van der Waals surface area contributed by atoms with E-state index in [1.807, 2.05) is 68.9 Å². The minimum Gasteiger partial charge on any atom is -0.492 e. The third kappa shape index (κ3) is 7.42. The second kappa shape index (κ2) is 13.8. The van der Waals surface area contributed by atoms with Gasteiger partial charge in [-0.05, 0) is 61.2 Å². The zero-order valence-corrected chi connectivity index (χ0v) is 27.4. The minimum atomic E-state index is -0.285. The first-order valence-electron chi connectivity index (χ1n) is 15.4. The van der Waals surface area contributed by atoms with Gasteiger partial charge in [0, 0.05) is 38.0 Å². The monoisotopic (exact) mass is 604 g/mol. The van der Waals surface area contributed by atoms with Crippen molar-refractivity contribution in [2.75, 3.05) is 44.4 Å². The SMILES string of the molecule is COc1c(NC(=O)c2cc3cccc(CNCCNC(=O)[C@@H]4CCCN4C)c3n2C)cc(C(C)(C)C)cc1NC(=O)C(C)C. The number of nitrogens with zero attached hydrogens (tertiary/aromatic N) is 2. The normalized spacial score (nSPS) is 15.5. The summed E-state index contributed by atoms with van der Waals surface area (Å²) in [7, 11) is 5.41. The maximum atomic E-state index is 13.7. The van der Waals surface area contributed by atoms with Crippen LogP contribution in [0.15, 0.2) is 36.4 Å². The van der Waals surface area contributed by atoms with Gasteiger partial charge in [0.1, 0.15) is 5.69 Å². The zero-order chi connectivity index (χ0) is 32.2. The molecule has 1 fully saturated rings. The average Bonchev–Trinajstić information content (AvgIpc) is 3.55.